The lowest BCUT2D eigenvalue weighted by Gasteiger charge is -2.18. The number of hydrazone groups is 1. The smallest absolute Gasteiger partial charge is 0.158 e. The van der Waals surface area contributed by atoms with Crippen LogP contribution in [-0.2, 0) is 0 Å². The number of anilines is 1. The predicted molar refractivity (Wildman–Crippen MR) is 109 cm³/mol. The Morgan fingerprint density at radius 3 is 1.96 bits per heavy atom. The molecule has 0 amide bonds. The highest BCUT2D eigenvalue weighted by atomic mass is 15.6. The molecule has 1 aliphatic heterocycles. The second-order valence-corrected chi connectivity index (χ2v) is 6.85. The minimum Gasteiger partial charge on any atom is -0.338 e. The van der Waals surface area contributed by atoms with E-state index in [2.05, 4.69) is 85.4 Å². The zero-order valence-electron chi connectivity index (χ0n) is 15.5. The van der Waals surface area contributed by atoms with E-state index in [1.54, 1.807) is 0 Å². The molecule has 0 atom stereocenters. The highest BCUT2D eigenvalue weighted by Crippen LogP contribution is 2.28. The van der Waals surface area contributed by atoms with Crippen molar-refractivity contribution in [2.24, 2.45) is 5.10 Å². The van der Waals surface area contributed by atoms with E-state index in [-0.39, 0.29) is 0 Å². The number of para-hydroxylation sites is 1. The normalized spacial score (nSPS) is 13.9. The van der Waals surface area contributed by atoms with Crippen LogP contribution in [-0.4, -0.2) is 24.5 Å². The van der Waals surface area contributed by atoms with Crippen LogP contribution in [0.25, 0.3) is 11.1 Å². The fourth-order valence-electron chi connectivity index (χ4n) is 3.58. The Bertz CT molecular complexity index is 923. The van der Waals surface area contributed by atoms with Crippen molar-refractivity contribution in [2.75, 3.05) is 18.7 Å². The summed E-state index contributed by atoms with van der Waals surface area (Å²) < 4.78 is 0. The Balaban J connectivity index is 1.74. The van der Waals surface area contributed by atoms with Gasteiger partial charge < -0.3 is 4.90 Å². The topological polar surface area (TPSA) is 18.8 Å². The fourth-order valence-corrected chi connectivity index (χ4v) is 3.58. The summed E-state index contributed by atoms with van der Waals surface area (Å²) in [6.07, 6.45) is 0. The maximum atomic E-state index is 4.91. The molecule has 26 heavy (non-hydrogen) atoms. The van der Waals surface area contributed by atoms with Gasteiger partial charge in [-0.05, 0) is 48.2 Å². The van der Waals surface area contributed by atoms with Gasteiger partial charge in [0.2, 0.25) is 0 Å². The average molecular weight is 341 g/mol. The standard InChI is InChI=1S/C23H23N3/c1-17-14-20(19-10-6-4-7-11-19)15-18(2)22(17)23-24-26(16-25(23)3)21-12-8-5-9-13-21/h4-15H,16H2,1-3H3. The molecule has 0 saturated heterocycles. The molecule has 1 aliphatic rings. The van der Waals surface area contributed by atoms with Gasteiger partial charge in [-0.3, -0.25) is 0 Å². The Hall–Kier alpha value is -3.07. The number of amidine groups is 1. The van der Waals surface area contributed by atoms with Crippen LogP contribution in [0.2, 0.25) is 0 Å². The molecule has 0 spiro atoms. The second kappa shape index (κ2) is 6.68. The van der Waals surface area contributed by atoms with E-state index < -0.39 is 0 Å². The second-order valence-electron chi connectivity index (χ2n) is 6.85. The minimum absolute atomic E-state index is 0.763. The van der Waals surface area contributed by atoms with E-state index >= 15 is 0 Å². The monoisotopic (exact) mass is 341 g/mol. The first-order chi connectivity index (χ1) is 12.6. The SMILES string of the molecule is Cc1cc(-c2ccccc2)cc(C)c1C1=NN(c2ccccc2)CN1C. The molecule has 0 saturated carbocycles. The molecule has 0 aromatic heterocycles. The molecule has 0 bridgehead atoms. The Morgan fingerprint density at radius 2 is 1.35 bits per heavy atom. The number of hydrogen-bond acceptors (Lipinski definition) is 3. The van der Waals surface area contributed by atoms with Crippen LogP contribution in [0.5, 0.6) is 0 Å². The highest BCUT2D eigenvalue weighted by Gasteiger charge is 2.24. The van der Waals surface area contributed by atoms with Gasteiger partial charge in [-0.2, -0.15) is 5.10 Å². The van der Waals surface area contributed by atoms with Gasteiger partial charge in [0.25, 0.3) is 0 Å². The van der Waals surface area contributed by atoms with E-state index in [0.717, 1.165) is 18.2 Å². The molecule has 0 aliphatic carbocycles. The van der Waals surface area contributed by atoms with E-state index in [9.17, 15) is 0 Å². The van der Waals surface area contributed by atoms with Crippen molar-refractivity contribution in [1.82, 2.24) is 4.90 Å². The van der Waals surface area contributed by atoms with Gasteiger partial charge in [0.05, 0.1) is 5.69 Å². The molecule has 0 unspecified atom stereocenters. The van der Waals surface area contributed by atoms with E-state index in [0.29, 0.717) is 0 Å². The van der Waals surface area contributed by atoms with Gasteiger partial charge in [0.1, 0.15) is 6.67 Å². The zero-order chi connectivity index (χ0) is 18.1. The van der Waals surface area contributed by atoms with E-state index in [1.807, 2.05) is 18.2 Å². The molecule has 1 heterocycles. The zero-order valence-corrected chi connectivity index (χ0v) is 15.5. The first kappa shape index (κ1) is 16.4. The highest BCUT2D eigenvalue weighted by molar-refractivity contribution is 6.03. The Kier molecular flexibility index (Phi) is 4.21. The van der Waals surface area contributed by atoms with Gasteiger partial charge in [0, 0.05) is 12.6 Å². The van der Waals surface area contributed by atoms with Crippen molar-refractivity contribution in [3.05, 3.63) is 89.5 Å². The van der Waals surface area contributed by atoms with Crippen molar-refractivity contribution in [2.45, 2.75) is 13.8 Å². The van der Waals surface area contributed by atoms with E-state index in [1.165, 1.54) is 27.8 Å². The molecule has 0 radical (unpaired) electrons. The van der Waals surface area contributed by atoms with Crippen molar-refractivity contribution in [1.29, 1.82) is 0 Å². The molecule has 3 aromatic rings. The van der Waals surface area contributed by atoms with Crippen LogP contribution in [0, 0.1) is 13.8 Å². The number of hydrogen-bond donors (Lipinski definition) is 0. The number of benzene rings is 3. The summed E-state index contributed by atoms with van der Waals surface area (Å²) in [5, 5.41) is 6.96. The molecule has 3 nitrogen and oxygen atoms in total. The lowest BCUT2D eigenvalue weighted by Crippen LogP contribution is -2.28. The van der Waals surface area contributed by atoms with Crippen molar-refractivity contribution in [3.63, 3.8) is 0 Å². The maximum Gasteiger partial charge on any atom is 0.158 e. The fraction of sp³-hybridized carbons (Fsp3) is 0.174. The summed E-state index contributed by atoms with van der Waals surface area (Å²) in [4.78, 5) is 2.21. The molecule has 3 heteroatoms. The summed E-state index contributed by atoms with van der Waals surface area (Å²) in [5.41, 5.74) is 7.35. The lowest BCUT2D eigenvalue weighted by molar-refractivity contribution is 0.539. The first-order valence-electron chi connectivity index (χ1n) is 8.93. The first-order valence-corrected chi connectivity index (χ1v) is 8.93. The molecule has 0 N–H and O–H groups in total. The average Bonchev–Trinajstić information content (AvgIpc) is 3.04. The largest absolute Gasteiger partial charge is 0.338 e. The summed E-state index contributed by atoms with van der Waals surface area (Å²) in [5.74, 6) is 1.03. The van der Waals surface area contributed by atoms with Crippen molar-refractivity contribution < 1.29 is 0 Å². The third-order valence-electron chi connectivity index (χ3n) is 4.84. The van der Waals surface area contributed by atoms with Crippen molar-refractivity contribution >= 4 is 11.5 Å². The van der Waals surface area contributed by atoms with Crippen LogP contribution < -0.4 is 5.01 Å². The molecular formula is C23H23N3. The van der Waals surface area contributed by atoms with Gasteiger partial charge in [-0.25, -0.2) is 5.01 Å². The number of rotatable bonds is 3. The maximum absolute atomic E-state index is 4.91. The molecule has 3 aromatic carbocycles. The molecule has 0 fully saturated rings. The molecule has 4 rings (SSSR count). The van der Waals surface area contributed by atoms with Gasteiger partial charge in [-0.15, -0.1) is 0 Å². The number of nitrogens with zero attached hydrogens (tertiary/aromatic N) is 3. The van der Waals surface area contributed by atoms with Crippen LogP contribution in [0.4, 0.5) is 5.69 Å². The Morgan fingerprint density at radius 1 is 0.769 bits per heavy atom. The summed E-state index contributed by atoms with van der Waals surface area (Å²) in [6.45, 7) is 5.12. The minimum atomic E-state index is 0.763. The predicted octanol–water partition coefficient (Wildman–Crippen LogP) is 5.04. The quantitative estimate of drug-likeness (QED) is 0.664. The van der Waals surface area contributed by atoms with Crippen LogP contribution in [0.15, 0.2) is 77.9 Å². The summed E-state index contributed by atoms with van der Waals surface area (Å²) in [6, 6.07) is 25.4. The van der Waals surface area contributed by atoms with Crippen LogP contribution >= 0.6 is 0 Å². The van der Waals surface area contributed by atoms with Crippen molar-refractivity contribution in [3.8, 4) is 11.1 Å². The molecular weight excluding hydrogens is 318 g/mol. The number of aryl methyl sites for hydroxylation is 2. The van der Waals surface area contributed by atoms with Gasteiger partial charge >= 0.3 is 0 Å². The van der Waals surface area contributed by atoms with E-state index in [4.69, 9.17) is 5.10 Å². The van der Waals surface area contributed by atoms with Crippen LogP contribution in [0.3, 0.4) is 0 Å². The van der Waals surface area contributed by atoms with Gasteiger partial charge in [0.15, 0.2) is 5.84 Å². The molecule has 130 valence electrons. The third-order valence-corrected chi connectivity index (χ3v) is 4.84. The van der Waals surface area contributed by atoms with Gasteiger partial charge in [-0.1, -0.05) is 60.7 Å². The van der Waals surface area contributed by atoms with Crippen LogP contribution in [0.1, 0.15) is 16.7 Å². The lowest BCUT2D eigenvalue weighted by atomic mass is 9.95. The third kappa shape index (κ3) is 2.97. The Labute approximate surface area is 155 Å². The summed E-state index contributed by atoms with van der Waals surface area (Å²) >= 11 is 0. The summed E-state index contributed by atoms with van der Waals surface area (Å²) in [7, 11) is 2.10.